The van der Waals surface area contributed by atoms with Crippen LogP contribution in [0, 0.1) is 0 Å². The average Bonchev–Trinajstić information content (AvgIpc) is 2.50. The third kappa shape index (κ3) is 3.38. The number of likely N-dealkylation sites (N-methyl/N-ethyl adjacent to an activating group) is 2. The van der Waals surface area contributed by atoms with Gasteiger partial charge in [0.1, 0.15) is 0 Å². The molecule has 0 heterocycles. The highest BCUT2D eigenvalue weighted by Crippen LogP contribution is 2.28. The summed E-state index contributed by atoms with van der Waals surface area (Å²) in [6, 6.07) is 20.2. The van der Waals surface area contributed by atoms with Crippen molar-refractivity contribution in [1.29, 1.82) is 0 Å². The molecule has 0 bridgehead atoms. The molecule has 0 aliphatic rings. The molecule has 0 aliphatic carbocycles. The zero-order valence-corrected chi connectivity index (χ0v) is 12.0. The van der Waals surface area contributed by atoms with Crippen molar-refractivity contribution < 1.29 is 5.11 Å². The maximum absolute atomic E-state index is 10.5. The number of benzene rings is 2. The van der Waals surface area contributed by atoms with Crippen molar-refractivity contribution in [3.8, 4) is 0 Å². The minimum Gasteiger partial charge on any atom is -0.389 e. The third-order valence-electron chi connectivity index (χ3n) is 3.50. The minimum atomic E-state index is -0.479. The first-order valence-corrected chi connectivity index (χ1v) is 6.89. The molecule has 106 valence electrons. The first-order chi connectivity index (χ1) is 9.74. The fraction of sp³-hybridized carbons (Fsp3) is 0.294. The van der Waals surface area contributed by atoms with Gasteiger partial charge in [0.15, 0.2) is 0 Å². The Morgan fingerprint density at radius 2 is 1.55 bits per heavy atom. The van der Waals surface area contributed by atoms with Crippen LogP contribution in [0.3, 0.4) is 0 Å². The van der Waals surface area contributed by atoms with E-state index < -0.39 is 6.10 Å². The number of aliphatic hydroxyl groups is 1. The second-order valence-electron chi connectivity index (χ2n) is 4.93. The lowest BCUT2D eigenvalue weighted by atomic mass is 9.99. The van der Waals surface area contributed by atoms with Crippen LogP contribution in [-0.4, -0.2) is 31.9 Å². The van der Waals surface area contributed by atoms with E-state index in [4.69, 9.17) is 0 Å². The van der Waals surface area contributed by atoms with Gasteiger partial charge < -0.3 is 15.3 Å². The Kier molecular flexibility index (Phi) is 5.16. The molecule has 3 nitrogen and oxygen atoms in total. The summed E-state index contributed by atoms with van der Waals surface area (Å²) in [5, 5.41) is 13.5. The van der Waals surface area contributed by atoms with Gasteiger partial charge in [-0.3, -0.25) is 0 Å². The molecule has 2 N–H and O–H groups in total. The molecule has 2 aromatic rings. The smallest absolute Gasteiger partial charge is 0.0909 e. The van der Waals surface area contributed by atoms with E-state index in [0.717, 1.165) is 11.3 Å². The summed E-state index contributed by atoms with van der Waals surface area (Å²) in [4.78, 5) is 2.12. The number of hydrogen-bond acceptors (Lipinski definition) is 3. The molecule has 3 heteroatoms. The first kappa shape index (κ1) is 14.6. The first-order valence-electron chi connectivity index (χ1n) is 6.89. The molecule has 0 radical (unpaired) electrons. The largest absolute Gasteiger partial charge is 0.389 e. The van der Waals surface area contributed by atoms with Gasteiger partial charge in [-0.2, -0.15) is 0 Å². The zero-order chi connectivity index (χ0) is 14.4. The molecule has 0 saturated heterocycles. The van der Waals surface area contributed by atoms with E-state index in [-0.39, 0.29) is 6.04 Å². The van der Waals surface area contributed by atoms with Gasteiger partial charge in [0.25, 0.3) is 0 Å². The second-order valence-corrected chi connectivity index (χ2v) is 4.93. The quantitative estimate of drug-likeness (QED) is 0.846. The monoisotopic (exact) mass is 270 g/mol. The van der Waals surface area contributed by atoms with Crippen LogP contribution in [0.25, 0.3) is 0 Å². The van der Waals surface area contributed by atoms with E-state index in [0.29, 0.717) is 6.54 Å². The van der Waals surface area contributed by atoms with Gasteiger partial charge in [0, 0.05) is 19.3 Å². The van der Waals surface area contributed by atoms with Gasteiger partial charge in [-0.15, -0.1) is 0 Å². The molecule has 2 atom stereocenters. The number of nitrogens with one attached hydrogen (secondary N) is 1. The third-order valence-corrected chi connectivity index (χ3v) is 3.50. The van der Waals surface area contributed by atoms with E-state index in [2.05, 4.69) is 34.5 Å². The molecule has 0 amide bonds. The van der Waals surface area contributed by atoms with Crippen molar-refractivity contribution in [2.75, 3.05) is 25.5 Å². The van der Waals surface area contributed by atoms with Crippen molar-refractivity contribution in [2.45, 2.75) is 12.1 Å². The number of aliphatic hydroxyl groups excluding tert-OH is 1. The fourth-order valence-corrected chi connectivity index (χ4v) is 2.50. The molecule has 2 aromatic carbocycles. The summed E-state index contributed by atoms with van der Waals surface area (Å²) in [7, 11) is 3.87. The number of para-hydroxylation sites is 1. The number of anilines is 1. The van der Waals surface area contributed by atoms with Crippen LogP contribution in [0.1, 0.15) is 11.6 Å². The molecule has 0 aliphatic heterocycles. The zero-order valence-electron chi connectivity index (χ0n) is 12.0. The SMILES string of the molecule is CNC[C@@H](O)[C@@H](c1ccccc1)N(C)c1ccccc1. The van der Waals surface area contributed by atoms with Gasteiger partial charge in [0.2, 0.25) is 0 Å². The summed E-state index contributed by atoms with van der Waals surface area (Å²) in [5.41, 5.74) is 2.21. The van der Waals surface area contributed by atoms with Gasteiger partial charge in [-0.05, 0) is 24.7 Å². The van der Waals surface area contributed by atoms with Crippen LogP contribution in [0.2, 0.25) is 0 Å². The summed E-state index contributed by atoms with van der Waals surface area (Å²) >= 11 is 0. The highest BCUT2D eigenvalue weighted by Gasteiger charge is 2.25. The molecule has 0 saturated carbocycles. The lowest BCUT2D eigenvalue weighted by Gasteiger charge is -2.34. The van der Waals surface area contributed by atoms with E-state index in [1.165, 1.54) is 0 Å². The average molecular weight is 270 g/mol. The Morgan fingerprint density at radius 3 is 2.10 bits per heavy atom. The lowest BCUT2D eigenvalue weighted by Crippen LogP contribution is -2.39. The van der Waals surface area contributed by atoms with E-state index in [9.17, 15) is 5.11 Å². The van der Waals surface area contributed by atoms with Crippen LogP contribution in [0.4, 0.5) is 5.69 Å². The predicted molar refractivity (Wildman–Crippen MR) is 84.0 cm³/mol. The highest BCUT2D eigenvalue weighted by atomic mass is 16.3. The van der Waals surface area contributed by atoms with Crippen molar-refractivity contribution in [1.82, 2.24) is 5.32 Å². The molecule has 0 unspecified atom stereocenters. The molecule has 2 rings (SSSR count). The van der Waals surface area contributed by atoms with Crippen molar-refractivity contribution in [2.24, 2.45) is 0 Å². The topological polar surface area (TPSA) is 35.5 Å². The van der Waals surface area contributed by atoms with E-state index in [1.54, 1.807) is 0 Å². The molecular formula is C17H22N2O. The number of nitrogens with zero attached hydrogens (tertiary/aromatic N) is 1. The number of rotatable bonds is 6. The molecule has 0 spiro atoms. The fourth-order valence-electron chi connectivity index (χ4n) is 2.50. The Labute approximate surface area is 120 Å². The molecule has 0 fully saturated rings. The Morgan fingerprint density at radius 1 is 1.00 bits per heavy atom. The summed E-state index contributed by atoms with van der Waals surface area (Å²) in [6.45, 7) is 0.552. The van der Waals surface area contributed by atoms with E-state index >= 15 is 0 Å². The van der Waals surface area contributed by atoms with Gasteiger partial charge in [-0.25, -0.2) is 0 Å². The van der Waals surface area contributed by atoms with Crippen LogP contribution >= 0.6 is 0 Å². The Balaban J connectivity index is 2.31. The molecule has 0 aromatic heterocycles. The Bertz CT molecular complexity index is 501. The normalized spacial score (nSPS) is 13.8. The summed E-state index contributed by atoms with van der Waals surface area (Å²) in [5.74, 6) is 0. The second kappa shape index (κ2) is 7.08. The molecular weight excluding hydrogens is 248 g/mol. The van der Waals surface area contributed by atoms with Crippen LogP contribution in [0.15, 0.2) is 60.7 Å². The van der Waals surface area contributed by atoms with Crippen LogP contribution < -0.4 is 10.2 Å². The van der Waals surface area contributed by atoms with Gasteiger partial charge in [0.05, 0.1) is 12.1 Å². The molecule has 20 heavy (non-hydrogen) atoms. The van der Waals surface area contributed by atoms with Gasteiger partial charge >= 0.3 is 0 Å². The maximum Gasteiger partial charge on any atom is 0.0909 e. The standard InChI is InChI=1S/C17H22N2O/c1-18-13-16(20)17(14-9-5-3-6-10-14)19(2)15-11-7-4-8-12-15/h3-12,16-18,20H,13H2,1-2H3/t16-,17-/m1/s1. The van der Waals surface area contributed by atoms with Crippen molar-refractivity contribution in [3.05, 3.63) is 66.2 Å². The summed E-state index contributed by atoms with van der Waals surface area (Å²) < 4.78 is 0. The number of hydrogen-bond donors (Lipinski definition) is 2. The van der Waals surface area contributed by atoms with Crippen molar-refractivity contribution >= 4 is 5.69 Å². The van der Waals surface area contributed by atoms with E-state index in [1.807, 2.05) is 50.5 Å². The van der Waals surface area contributed by atoms with Crippen LogP contribution in [0.5, 0.6) is 0 Å². The van der Waals surface area contributed by atoms with Crippen molar-refractivity contribution in [3.63, 3.8) is 0 Å². The highest BCUT2D eigenvalue weighted by molar-refractivity contribution is 5.48. The Hall–Kier alpha value is -1.84. The summed E-state index contributed by atoms with van der Waals surface area (Å²) in [6.07, 6.45) is -0.479. The lowest BCUT2D eigenvalue weighted by molar-refractivity contribution is 0.142. The van der Waals surface area contributed by atoms with Gasteiger partial charge in [-0.1, -0.05) is 48.5 Å². The predicted octanol–water partition coefficient (Wildman–Crippen LogP) is 2.44. The maximum atomic E-state index is 10.5. The van der Waals surface area contributed by atoms with Crippen LogP contribution in [-0.2, 0) is 0 Å². The minimum absolute atomic E-state index is 0.0777.